The number of nitrogens with zero attached hydrogens (tertiary/aromatic N) is 2. The van der Waals surface area contributed by atoms with Gasteiger partial charge < -0.3 is 14.4 Å². The normalized spacial score (nSPS) is 16.3. The van der Waals surface area contributed by atoms with Gasteiger partial charge in [0.25, 0.3) is 0 Å². The highest BCUT2D eigenvalue weighted by Gasteiger charge is 2.14. The fourth-order valence-corrected chi connectivity index (χ4v) is 1.33. The van der Waals surface area contributed by atoms with Crippen molar-refractivity contribution >= 4 is 5.97 Å². The third-order valence-corrected chi connectivity index (χ3v) is 2.26. The number of hydrogen-bond acceptors (Lipinski definition) is 5. The molecule has 0 spiro atoms. The van der Waals surface area contributed by atoms with Crippen LogP contribution in [0.25, 0.3) is 0 Å². The molecule has 0 aromatic heterocycles. The lowest BCUT2D eigenvalue weighted by atomic mass is 10.4. The van der Waals surface area contributed by atoms with Crippen molar-refractivity contribution in [3.63, 3.8) is 0 Å². The Kier molecular flexibility index (Phi) is 10.1. The van der Waals surface area contributed by atoms with Gasteiger partial charge in [0, 0.05) is 19.6 Å². The van der Waals surface area contributed by atoms with Gasteiger partial charge >= 0.3 is 5.97 Å². The molecule has 0 unspecified atom stereocenters. The molecule has 17 heavy (non-hydrogen) atoms. The summed E-state index contributed by atoms with van der Waals surface area (Å²) in [7, 11) is 3.91. The molecule has 1 aliphatic rings. The van der Waals surface area contributed by atoms with E-state index in [0.29, 0.717) is 26.4 Å². The summed E-state index contributed by atoms with van der Waals surface area (Å²) >= 11 is 0. The highest BCUT2D eigenvalue weighted by molar-refractivity contribution is 5.71. The molecule has 0 bridgehead atoms. The second-order valence-electron chi connectivity index (χ2n) is 3.91. The lowest BCUT2D eigenvalue weighted by Gasteiger charge is -2.25. The average molecular weight is 246 g/mol. The van der Waals surface area contributed by atoms with Crippen LogP contribution in [0, 0.1) is 0 Å². The van der Waals surface area contributed by atoms with Gasteiger partial charge in [0.1, 0.15) is 6.61 Å². The van der Waals surface area contributed by atoms with E-state index in [1.165, 1.54) is 0 Å². The van der Waals surface area contributed by atoms with Crippen molar-refractivity contribution in [3.8, 4) is 0 Å². The van der Waals surface area contributed by atoms with Gasteiger partial charge in [-0.3, -0.25) is 9.69 Å². The number of ether oxygens (including phenoxy) is 2. The molecular formula is C12H26N2O3. The Morgan fingerprint density at radius 2 is 1.88 bits per heavy atom. The SMILES string of the molecule is CC.CN(C)CCOC(=O)CN1CCOCC1. The number of carbonyl (C=O) groups excluding carboxylic acids is 1. The Morgan fingerprint density at radius 1 is 1.29 bits per heavy atom. The third-order valence-electron chi connectivity index (χ3n) is 2.26. The minimum atomic E-state index is -0.140. The highest BCUT2D eigenvalue weighted by atomic mass is 16.5. The molecule has 102 valence electrons. The smallest absolute Gasteiger partial charge is 0.320 e. The van der Waals surface area contributed by atoms with Gasteiger partial charge in [-0.25, -0.2) is 0 Å². The monoisotopic (exact) mass is 246 g/mol. The second kappa shape index (κ2) is 10.5. The van der Waals surface area contributed by atoms with E-state index in [1.807, 2.05) is 32.8 Å². The predicted octanol–water partition coefficient (Wildman–Crippen LogP) is 0.450. The molecule has 0 atom stereocenters. The standard InChI is InChI=1S/C10H20N2O3.C2H6/c1-11(2)3-8-15-10(13)9-12-4-6-14-7-5-12;1-2/h3-9H2,1-2H3;1-2H3. The summed E-state index contributed by atoms with van der Waals surface area (Å²) in [5.41, 5.74) is 0. The molecule has 0 aliphatic carbocycles. The molecule has 1 saturated heterocycles. The van der Waals surface area contributed by atoms with E-state index in [2.05, 4.69) is 4.90 Å². The number of rotatable bonds is 5. The van der Waals surface area contributed by atoms with Crippen LogP contribution >= 0.6 is 0 Å². The minimum absolute atomic E-state index is 0.140. The van der Waals surface area contributed by atoms with Crippen LogP contribution in [0.15, 0.2) is 0 Å². The number of carbonyl (C=O) groups is 1. The molecule has 1 fully saturated rings. The quantitative estimate of drug-likeness (QED) is 0.659. The fourth-order valence-electron chi connectivity index (χ4n) is 1.33. The molecule has 1 rings (SSSR count). The van der Waals surface area contributed by atoms with Crippen LogP contribution in [0.2, 0.25) is 0 Å². The maximum Gasteiger partial charge on any atom is 0.320 e. The Hall–Kier alpha value is -0.650. The second-order valence-corrected chi connectivity index (χ2v) is 3.91. The zero-order valence-electron chi connectivity index (χ0n) is 11.6. The van der Waals surface area contributed by atoms with Gasteiger partial charge in [0.2, 0.25) is 0 Å². The van der Waals surface area contributed by atoms with Crippen molar-refractivity contribution in [3.05, 3.63) is 0 Å². The largest absolute Gasteiger partial charge is 0.463 e. The van der Waals surface area contributed by atoms with Crippen LogP contribution in [-0.4, -0.2) is 75.9 Å². The zero-order valence-corrected chi connectivity index (χ0v) is 11.6. The summed E-state index contributed by atoms with van der Waals surface area (Å²) in [6.07, 6.45) is 0. The van der Waals surface area contributed by atoms with Crippen molar-refractivity contribution in [2.24, 2.45) is 0 Å². The van der Waals surface area contributed by atoms with Gasteiger partial charge in [-0.1, -0.05) is 13.8 Å². The number of likely N-dealkylation sites (N-methyl/N-ethyl adjacent to an activating group) is 1. The predicted molar refractivity (Wildman–Crippen MR) is 68.1 cm³/mol. The molecular weight excluding hydrogens is 220 g/mol. The fraction of sp³-hybridized carbons (Fsp3) is 0.917. The van der Waals surface area contributed by atoms with E-state index in [4.69, 9.17) is 9.47 Å². The number of esters is 1. The molecule has 1 heterocycles. The van der Waals surface area contributed by atoms with Gasteiger partial charge in [-0.15, -0.1) is 0 Å². The first-order valence-corrected chi connectivity index (χ1v) is 6.29. The van der Waals surface area contributed by atoms with Gasteiger partial charge in [-0.05, 0) is 14.1 Å². The average Bonchev–Trinajstić information content (AvgIpc) is 2.32. The summed E-state index contributed by atoms with van der Waals surface area (Å²) in [5, 5.41) is 0. The topological polar surface area (TPSA) is 42.0 Å². The van der Waals surface area contributed by atoms with Gasteiger partial charge in [0.05, 0.1) is 19.8 Å². The number of hydrogen-bond donors (Lipinski definition) is 0. The minimum Gasteiger partial charge on any atom is -0.463 e. The lowest BCUT2D eigenvalue weighted by molar-refractivity contribution is -0.146. The first kappa shape index (κ1) is 16.4. The van der Waals surface area contributed by atoms with Crippen molar-refractivity contribution in [2.45, 2.75) is 13.8 Å². The zero-order chi connectivity index (χ0) is 13.1. The van der Waals surface area contributed by atoms with Crippen LogP contribution in [0.4, 0.5) is 0 Å². The molecule has 0 saturated carbocycles. The summed E-state index contributed by atoms with van der Waals surface area (Å²) < 4.78 is 10.3. The Bertz CT molecular complexity index is 192. The van der Waals surface area contributed by atoms with Crippen LogP contribution in [0.5, 0.6) is 0 Å². The molecule has 0 aromatic carbocycles. The van der Waals surface area contributed by atoms with Crippen molar-refractivity contribution in [2.75, 3.05) is 60.1 Å². The molecule has 0 aromatic rings. The van der Waals surface area contributed by atoms with E-state index < -0.39 is 0 Å². The summed E-state index contributed by atoms with van der Waals surface area (Å²) in [6, 6.07) is 0. The van der Waals surface area contributed by atoms with Gasteiger partial charge in [0.15, 0.2) is 0 Å². The van der Waals surface area contributed by atoms with Crippen molar-refractivity contribution < 1.29 is 14.3 Å². The molecule has 0 N–H and O–H groups in total. The van der Waals surface area contributed by atoms with Crippen LogP contribution < -0.4 is 0 Å². The van der Waals surface area contributed by atoms with E-state index >= 15 is 0 Å². The van der Waals surface area contributed by atoms with Gasteiger partial charge in [-0.2, -0.15) is 0 Å². The maximum absolute atomic E-state index is 11.4. The summed E-state index contributed by atoms with van der Waals surface area (Å²) in [5.74, 6) is -0.140. The summed E-state index contributed by atoms with van der Waals surface area (Å²) in [6.45, 7) is 8.70. The summed E-state index contributed by atoms with van der Waals surface area (Å²) in [4.78, 5) is 15.4. The van der Waals surface area contributed by atoms with Crippen molar-refractivity contribution in [1.29, 1.82) is 0 Å². The lowest BCUT2D eigenvalue weighted by Crippen LogP contribution is -2.40. The first-order valence-electron chi connectivity index (χ1n) is 6.29. The molecule has 0 radical (unpaired) electrons. The van der Waals surface area contributed by atoms with E-state index in [9.17, 15) is 4.79 Å². The van der Waals surface area contributed by atoms with Crippen LogP contribution in [0.3, 0.4) is 0 Å². The van der Waals surface area contributed by atoms with Crippen LogP contribution in [0.1, 0.15) is 13.8 Å². The van der Waals surface area contributed by atoms with Crippen molar-refractivity contribution in [1.82, 2.24) is 9.80 Å². The van der Waals surface area contributed by atoms with E-state index in [0.717, 1.165) is 19.6 Å². The number of morpholine rings is 1. The molecule has 5 heteroatoms. The molecule has 1 aliphatic heterocycles. The Balaban J connectivity index is 0.00000121. The third kappa shape index (κ3) is 9.09. The van der Waals surface area contributed by atoms with Crippen LogP contribution in [-0.2, 0) is 14.3 Å². The van der Waals surface area contributed by atoms with E-state index in [1.54, 1.807) is 0 Å². The first-order chi connectivity index (χ1) is 8.18. The molecule has 5 nitrogen and oxygen atoms in total. The Morgan fingerprint density at radius 3 is 2.41 bits per heavy atom. The Labute approximate surface area is 105 Å². The molecule has 0 amide bonds. The van der Waals surface area contributed by atoms with E-state index in [-0.39, 0.29) is 5.97 Å². The maximum atomic E-state index is 11.4. The highest BCUT2D eigenvalue weighted by Crippen LogP contribution is 1.96.